The molecular formula is C31H39FN4O4. The molecule has 8 nitrogen and oxygen atoms in total. The number of nitrogens with zero attached hydrogens (tertiary/aromatic N) is 1. The summed E-state index contributed by atoms with van der Waals surface area (Å²) < 4.78 is 19.7. The van der Waals surface area contributed by atoms with Crippen molar-refractivity contribution >= 4 is 23.3 Å². The van der Waals surface area contributed by atoms with Crippen molar-refractivity contribution in [1.29, 1.82) is 0 Å². The minimum atomic E-state index is -1.11. The summed E-state index contributed by atoms with van der Waals surface area (Å²) in [5.74, 6) is -0.441. The lowest BCUT2D eigenvalue weighted by atomic mass is 9.96. The van der Waals surface area contributed by atoms with Crippen LogP contribution in [0.15, 0.2) is 55.1 Å². The summed E-state index contributed by atoms with van der Waals surface area (Å²) in [5.41, 5.74) is 1.88. The van der Waals surface area contributed by atoms with Crippen LogP contribution >= 0.6 is 0 Å². The molecule has 1 aliphatic heterocycles. The van der Waals surface area contributed by atoms with Crippen molar-refractivity contribution in [2.24, 2.45) is 5.92 Å². The Balaban J connectivity index is 1.61. The SMILES string of the molecule is C=C(c1ccc(F)cc1)[C@H]1NC(=O)[C@@H](C)N(C)C(=O)[C@H](C2CC2)NCCOc2ccccc2C(C)CCNC1=O. The Morgan fingerprint density at radius 1 is 0.975 bits per heavy atom. The van der Waals surface area contributed by atoms with Crippen LogP contribution in [0.5, 0.6) is 5.75 Å². The summed E-state index contributed by atoms with van der Waals surface area (Å²) in [5, 5.41) is 9.07. The summed E-state index contributed by atoms with van der Waals surface area (Å²) in [6.07, 6.45) is 2.53. The molecule has 2 aromatic carbocycles. The lowest BCUT2D eigenvalue weighted by Gasteiger charge is -2.30. The molecule has 0 spiro atoms. The molecular weight excluding hydrogens is 511 g/mol. The minimum Gasteiger partial charge on any atom is -0.492 e. The summed E-state index contributed by atoms with van der Waals surface area (Å²) in [7, 11) is 1.60. The normalized spacial score (nSPS) is 25.5. The van der Waals surface area contributed by atoms with Crippen LogP contribution in [0, 0.1) is 11.7 Å². The van der Waals surface area contributed by atoms with Gasteiger partial charge in [0.05, 0.1) is 6.04 Å². The molecule has 1 unspecified atom stereocenters. The largest absolute Gasteiger partial charge is 0.492 e. The number of benzene rings is 2. The van der Waals surface area contributed by atoms with E-state index in [4.69, 9.17) is 4.74 Å². The highest BCUT2D eigenvalue weighted by molar-refractivity contribution is 6.00. The highest BCUT2D eigenvalue weighted by Gasteiger charge is 2.39. The smallest absolute Gasteiger partial charge is 0.247 e. The fraction of sp³-hybridized carbons (Fsp3) is 0.452. The van der Waals surface area contributed by atoms with Crippen molar-refractivity contribution in [2.75, 3.05) is 26.7 Å². The highest BCUT2D eigenvalue weighted by Crippen LogP contribution is 2.34. The molecule has 40 heavy (non-hydrogen) atoms. The van der Waals surface area contributed by atoms with Gasteiger partial charge in [0, 0.05) is 20.1 Å². The molecule has 3 N–H and O–H groups in total. The average molecular weight is 551 g/mol. The maximum atomic E-state index is 13.6. The van der Waals surface area contributed by atoms with Gasteiger partial charge < -0.3 is 25.6 Å². The molecule has 4 rings (SSSR count). The molecule has 9 heteroatoms. The van der Waals surface area contributed by atoms with E-state index >= 15 is 0 Å². The van der Waals surface area contributed by atoms with Crippen LogP contribution in [0.25, 0.3) is 5.57 Å². The number of carbonyl (C=O) groups excluding carboxylic acids is 3. The molecule has 2 aromatic rings. The Morgan fingerprint density at radius 3 is 2.38 bits per heavy atom. The van der Waals surface area contributed by atoms with E-state index in [1.807, 2.05) is 24.3 Å². The third-order valence-electron chi connectivity index (χ3n) is 7.83. The zero-order chi connectivity index (χ0) is 28.8. The molecule has 214 valence electrons. The minimum absolute atomic E-state index is 0.0890. The summed E-state index contributed by atoms with van der Waals surface area (Å²) in [4.78, 5) is 41.7. The van der Waals surface area contributed by atoms with E-state index in [-0.39, 0.29) is 17.7 Å². The van der Waals surface area contributed by atoms with Gasteiger partial charge in [-0.05, 0) is 72.9 Å². The van der Waals surface area contributed by atoms with Crippen LogP contribution in [0.3, 0.4) is 0 Å². The van der Waals surface area contributed by atoms with E-state index in [1.165, 1.54) is 29.2 Å². The second kappa shape index (κ2) is 13.1. The van der Waals surface area contributed by atoms with Crippen molar-refractivity contribution in [3.05, 3.63) is 72.1 Å². The third kappa shape index (κ3) is 7.07. The zero-order valence-corrected chi connectivity index (χ0v) is 23.4. The first kappa shape index (κ1) is 29.3. The van der Waals surface area contributed by atoms with Crippen LogP contribution in [0.2, 0.25) is 0 Å². The van der Waals surface area contributed by atoms with Gasteiger partial charge in [-0.3, -0.25) is 14.4 Å². The molecule has 1 aliphatic carbocycles. The second-order valence-corrected chi connectivity index (χ2v) is 10.7. The standard InChI is InChI=1S/C31H39FN4O4/c1-19-15-16-34-30(38)27(20(2)22-11-13-24(32)14-12-22)35-29(37)21(3)36(4)31(39)28(23-9-10-23)33-17-18-40-26-8-6-5-7-25(19)26/h5-8,11-14,19,21,23,27-28,33H,2,9-10,15-18H2,1,3-4H3,(H,34,38)(H,35,37)/t19?,21-,27-,28+/m1/s1. The Morgan fingerprint density at radius 2 is 1.68 bits per heavy atom. The van der Waals surface area contributed by atoms with Gasteiger partial charge in [-0.15, -0.1) is 0 Å². The molecule has 0 aromatic heterocycles. The summed E-state index contributed by atoms with van der Waals surface area (Å²) in [6, 6.07) is 11.1. The monoisotopic (exact) mass is 550 g/mol. The van der Waals surface area contributed by atoms with Crippen LogP contribution < -0.4 is 20.7 Å². The molecule has 0 bridgehead atoms. The van der Waals surface area contributed by atoms with Gasteiger partial charge in [0.15, 0.2) is 0 Å². The zero-order valence-electron chi connectivity index (χ0n) is 23.4. The van der Waals surface area contributed by atoms with E-state index < -0.39 is 35.8 Å². The fourth-order valence-corrected chi connectivity index (χ4v) is 4.94. The number of amides is 3. The molecule has 3 amide bonds. The molecule has 0 radical (unpaired) electrons. The van der Waals surface area contributed by atoms with E-state index in [9.17, 15) is 18.8 Å². The van der Waals surface area contributed by atoms with Gasteiger partial charge in [-0.25, -0.2) is 4.39 Å². The molecule has 1 fully saturated rings. The number of carbonyl (C=O) groups is 3. The van der Waals surface area contributed by atoms with Crippen LogP contribution in [0.4, 0.5) is 4.39 Å². The first-order valence-corrected chi connectivity index (χ1v) is 13.9. The Hall–Kier alpha value is -3.72. The Bertz CT molecular complexity index is 1230. The average Bonchev–Trinajstić information content (AvgIpc) is 3.79. The quantitative estimate of drug-likeness (QED) is 0.545. The van der Waals surface area contributed by atoms with Crippen molar-refractivity contribution in [3.63, 3.8) is 0 Å². The number of rotatable bonds is 3. The van der Waals surface area contributed by atoms with Gasteiger partial charge in [-0.2, -0.15) is 0 Å². The number of hydrogen-bond acceptors (Lipinski definition) is 5. The van der Waals surface area contributed by atoms with E-state index in [0.29, 0.717) is 37.3 Å². The lowest BCUT2D eigenvalue weighted by Crippen LogP contribution is -2.56. The van der Waals surface area contributed by atoms with Crippen LogP contribution in [-0.2, 0) is 14.4 Å². The van der Waals surface area contributed by atoms with Gasteiger partial charge in [0.25, 0.3) is 0 Å². The molecule has 0 saturated heterocycles. The maximum absolute atomic E-state index is 13.6. The second-order valence-electron chi connectivity index (χ2n) is 10.7. The number of para-hydroxylation sites is 1. The number of nitrogens with one attached hydrogen (secondary N) is 3. The van der Waals surface area contributed by atoms with Crippen LogP contribution in [0.1, 0.15) is 50.2 Å². The van der Waals surface area contributed by atoms with Crippen LogP contribution in [-0.4, -0.2) is 67.5 Å². The number of halogens is 1. The maximum Gasteiger partial charge on any atom is 0.247 e. The summed E-state index contributed by atoms with van der Waals surface area (Å²) in [6.45, 7) is 9.00. The summed E-state index contributed by atoms with van der Waals surface area (Å²) >= 11 is 0. The fourth-order valence-electron chi connectivity index (χ4n) is 4.94. The number of likely N-dealkylation sites (N-methyl/N-ethyl adjacent to an activating group) is 1. The Kier molecular flexibility index (Phi) is 9.58. The highest BCUT2D eigenvalue weighted by atomic mass is 19.1. The molecule has 2 aliphatic rings. The van der Waals surface area contributed by atoms with Crippen molar-refractivity contribution in [1.82, 2.24) is 20.9 Å². The molecule has 1 saturated carbocycles. The van der Waals surface area contributed by atoms with Gasteiger partial charge in [0.1, 0.15) is 30.3 Å². The van der Waals surface area contributed by atoms with Gasteiger partial charge in [0.2, 0.25) is 17.7 Å². The number of ether oxygens (including phenoxy) is 1. The van der Waals surface area contributed by atoms with Gasteiger partial charge in [-0.1, -0.05) is 43.8 Å². The first-order valence-electron chi connectivity index (χ1n) is 13.9. The first-order chi connectivity index (χ1) is 19.2. The molecule has 4 atom stereocenters. The predicted octanol–water partition coefficient (Wildman–Crippen LogP) is 3.24. The van der Waals surface area contributed by atoms with E-state index in [1.54, 1.807) is 14.0 Å². The topological polar surface area (TPSA) is 99.8 Å². The Labute approximate surface area is 235 Å². The predicted molar refractivity (Wildman–Crippen MR) is 152 cm³/mol. The molecule has 1 heterocycles. The van der Waals surface area contributed by atoms with E-state index in [2.05, 4.69) is 29.5 Å². The van der Waals surface area contributed by atoms with Crippen molar-refractivity contribution in [2.45, 2.75) is 57.2 Å². The van der Waals surface area contributed by atoms with Crippen molar-refractivity contribution in [3.8, 4) is 5.75 Å². The van der Waals surface area contributed by atoms with Crippen molar-refractivity contribution < 1.29 is 23.5 Å². The number of hydrogen-bond donors (Lipinski definition) is 3. The third-order valence-corrected chi connectivity index (χ3v) is 7.83. The van der Waals surface area contributed by atoms with E-state index in [0.717, 1.165) is 24.2 Å². The van der Waals surface area contributed by atoms with Gasteiger partial charge >= 0.3 is 0 Å². The lowest BCUT2D eigenvalue weighted by molar-refractivity contribution is -0.140. The number of fused-ring (bicyclic) bond motifs is 1.